The van der Waals surface area contributed by atoms with Gasteiger partial charge < -0.3 is 19.5 Å². The van der Waals surface area contributed by atoms with Crippen molar-refractivity contribution in [3.63, 3.8) is 0 Å². The molecule has 0 spiro atoms. The Kier molecular flexibility index (Phi) is 5.55. The van der Waals surface area contributed by atoms with E-state index in [9.17, 15) is 9.59 Å². The van der Waals surface area contributed by atoms with Gasteiger partial charge in [0.1, 0.15) is 0 Å². The van der Waals surface area contributed by atoms with Crippen molar-refractivity contribution in [2.75, 3.05) is 20.3 Å². The highest BCUT2D eigenvalue weighted by molar-refractivity contribution is 6.23. The molecule has 0 radical (unpaired) electrons. The smallest absolute Gasteiger partial charge is 0.336 e. The first-order valence-electron chi connectivity index (χ1n) is 10.4. The molecule has 4 rings (SSSR count). The monoisotopic (exact) mass is 419 g/mol. The molecule has 1 atom stereocenters. The molecule has 0 aromatic heterocycles. The van der Waals surface area contributed by atoms with Gasteiger partial charge in [-0.2, -0.15) is 0 Å². The summed E-state index contributed by atoms with van der Waals surface area (Å²) < 4.78 is 16.5. The van der Waals surface area contributed by atoms with Crippen LogP contribution in [0, 0.1) is 0 Å². The topological polar surface area (TPSA) is 73.9 Å². The molecule has 2 aromatic carbocycles. The molecule has 6 nitrogen and oxygen atoms in total. The zero-order valence-corrected chi connectivity index (χ0v) is 18.1. The van der Waals surface area contributed by atoms with Crippen molar-refractivity contribution < 1.29 is 23.8 Å². The number of methoxy groups -OCH3 is 1. The van der Waals surface area contributed by atoms with E-state index in [1.165, 1.54) is 0 Å². The van der Waals surface area contributed by atoms with Crippen LogP contribution in [0.1, 0.15) is 48.2 Å². The van der Waals surface area contributed by atoms with E-state index in [1.54, 1.807) is 20.1 Å². The van der Waals surface area contributed by atoms with Gasteiger partial charge in [-0.05, 0) is 38.5 Å². The molecule has 160 valence electrons. The second kappa shape index (κ2) is 8.30. The van der Waals surface area contributed by atoms with Gasteiger partial charge in [0.2, 0.25) is 0 Å². The van der Waals surface area contributed by atoms with Gasteiger partial charge in [-0.15, -0.1) is 0 Å². The molecule has 2 aliphatic rings. The van der Waals surface area contributed by atoms with Crippen LogP contribution in [0.25, 0.3) is 5.70 Å². The largest absolute Gasteiger partial charge is 0.493 e. The van der Waals surface area contributed by atoms with Crippen molar-refractivity contribution in [1.82, 2.24) is 5.32 Å². The van der Waals surface area contributed by atoms with Crippen molar-refractivity contribution >= 4 is 17.4 Å². The summed E-state index contributed by atoms with van der Waals surface area (Å²) in [7, 11) is 1.58. The lowest BCUT2D eigenvalue weighted by Crippen LogP contribution is -2.29. The van der Waals surface area contributed by atoms with E-state index in [2.05, 4.69) is 5.32 Å². The van der Waals surface area contributed by atoms with Crippen LogP contribution in [0.5, 0.6) is 11.5 Å². The summed E-state index contributed by atoms with van der Waals surface area (Å²) in [6.45, 7) is 6.20. The van der Waals surface area contributed by atoms with E-state index in [0.717, 1.165) is 16.8 Å². The van der Waals surface area contributed by atoms with Gasteiger partial charge in [0, 0.05) is 28.3 Å². The van der Waals surface area contributed by atoms with E-state index in [0.29, 0.717) is 40.5 Å². The number of esters is 1. The maximum atomic E-state index is 13.5. The third-order valence-electron chi connectivity index (χ3n) is 5.57. The summed E-state index contributed by atoms with van der Waals surface area (Å²) in [6.07, 6.45) is 0. The first-order chi connectivity index (χ1) is 15.0. The number of allylic oxidation sites excluding steroid dienone is 2. The molecular weight excluding hydrogens is 394 g/mol. The molecule has 2 aromatic rings. The Bertz CT molecular complexity index is 1130. The maximum absolute atomic E-state index is 13.5. The summed E-state index contributed by atoms with van der Waals surface area (Å²) in [5.74, 6) is 0.0354. The number of hydrogen-bond donors (Lipinski definition) is 1. The Morgan fingerprint density at radius 2 is 1.77 bits per heavy atom. The first-order valence-corrected chi connectivity index (χ1v) is 10.4. The molecule has 1 aliphatic heterocycles. The van der Waals surface area contributed by atoms with Crippen LogP contribution in [-0.2, 0) is 9.53 Å². The Hall–Kier alpha value is -3.54. The van der Waals surface area contributed by atoms with Crippen molar-refractivity contribution in [3.05, 3.63) is 76.0 Å². The molecule has 1 N–H and O–H groups in total. The number of ketones is 1. The molecule has 0 fully saturated rings. The molecule has 6 heteroatoms. The number of benzene rings is 2. The summed E-state index contributed by atoms with van der Waals surface area (Å²) in [6, 6.07) is 13.0. The lowest BCUT2D eigenvalue weighted by molar-refractivity contribution is -0.138. The van der Waals surface area contributed by atoms with Crippen molar-refractivity contribution in [2.45, 2.75) is 26.7 Å². The van der Waals surface area contributed by atoms with Crippen LogP contribution in [0.15, 0.2) is 59.3 Å². The molecule has 31 heavy (non-hydrogen) atoms. The molecule has 0 amide bonds. The Balaban J connectivity index is 1.92. The van der Waals surface area contributed by atoms with Gasteiger partial charge >= 0.3 is 5.97 Å². The van der Waals surface area contributed by atoms with Gasteiger partial charge in [-0.3, -0.25) is 4.79 Å². The lowest BCUT2D eigenvalue weighted by atomic mass is 9.79. The quantitative estimate of drug-likeness (QED) is 0.707. The molecule has 0 saturated heterocycles. The Morgan fingerprint density at radius 3 is 2.45 bits per heavy atom. The molecule has 1 heterocycles. The van der Waals surface area contributed by atoms with Gasteiger partial charge in [-0.25, -0.2) is 4.79 Å². The average molecular weight is 419 g/mol. The van der Waals surface area contributed by atoms with Crippen LogP contribution < -0.4 is 14.8 Å². The second-order valence-corrected chi connectivity index (χ2v) is 7.32. The van der Waals surface area contributed by atoms with Gasteiger partial charge in [0.05, 0.1) is 31.6 Å². The minimum atomic E-state index is -0.583. The third-order valence-corrected chi connectivity index (χ3v) is 5.57. The second-order valence-electron chi connectivity index (χ2n) is 7.32. The molecule has 0 saturated carbocycles. The highest BCUT2D eigenvalue weighted by Crippen LogP contribution is 2.47. The fourth-order valence-electron chi connectivity index (χ4n) is 4.28. The average Bonchev–Trinajstić information content (AvgIpc) is 3.05. The number of carbonyl (C=O) groups is 2. The summed E-state index contributed by atoms with van der Waals surface area (Å²) in [5, 5.41) is 3.30. The predicted molar refractivity (Wildman–Crippen MR) is 117 cm³/mol. The van der Waals surface area contributed by atoms with Crippen molar-refractivity contribution in [2.24, 2.45) is 0 Å². The van der Waals surface area contributed by atoms with Gasteiger partial charge in [0.25, 0.3) is 0 Å². The highest BCUT2D eigenvalue weighted by atomic mass is 16.5. The standard InChI is InChI=1S/C25H25NO5/c1-5-30-19-13-15(11-12-18(19)29-4)21-20(25(28)31-6-2)14(3)26-23-16-9-7-8-10-17(16)24(27)22(21)23/h7-13,21,26H,5-6H2,1-4H3. The van der Waals surface area contributed by atoms with E-state index in [4.69, 9.17) is 14.2 Å². The predicted octanol–water partition coefficient (Wildman–Crippen LogP) is 4.23. The lowest BCUT2D eigenvalue weighted by Gasteiger charge is -2.29. The Labute approximate surface area is 181 Å². The van der Waals surface area contributed by atoms with E-state index < -0.39 is 11.9 Å². The first kappa shape index (κ1) is 20.7. The fraction of sp³-hybridized carbons (Fsp3) is 0.280. The number of rotatable bonds is 6. The maximum Gasteiger partial charge on any atom is 0.336 e. The van der Waals surface area contributed by atoms with Crippen LogP contribution in [0.3, 0.4) is 0 Å². The van der Waals surface area contributed by atoms with Crippen LogP contribution in [-0.4, -0.2) is 32.1 Å². The van der Waals surface area contributed by atoms with E-state index in [-0.39, 0.29) is 12.4 Å². The highest BCUT2D eigenvalue weighted by Gasteiger charge is 2.43. The van der Waals surface area contributed by atoms with Gasteiger partial charge in [-0.1, -0.05) is 30.3 Å². The summed E-state index contributed by atoms with van der Waals surface area (Å²) >= 11 is 0. The third kappa shape index (κ3) is 3.38. The zero-order chi connectivity index (χ0) is 22.1. The van der Waals surface area contributed by atoms with E-state index in [1.807, 2.05) is 50.2 Å². The summed E-state index contributed by atoms with van der Waals surface area (Å²) in [5.41, 5.74) is 4.61. The molecule has 0 bridgehead atoms. The molecule has 1 aliphatic carbocycles. The van der Waals surface area contributed by atoms with Crippen LogP contribution >= 0.6 is 0 Å². The Morgan fingerprint density at radius 1 is 1.03 bits per heavy atom. The fourth-order valence-corrected chi connectivity index (χ4v) is 4.28. The number of dihydropyridines is 1. The number of ether oxygens (including phenoxy) is 3. The molecule has 1 unspecified atom stereocenters. The molecular formula is C25H25NO5. The van der Waals surface area contributed by atoms with Crippen molar-refractivity contribution in [3.8, 4) is 11.5 Å². The van der Waals surface area contributed by atoms with Gasteiger partial charge in [0.15, 0.2) is 17.3 Å². The minimum absolute atomic E-state index is 0.0915. The van der Waals surface area contributed by atoms with Crippen LogP contribution in [0.4, 0.5) is 0 Å². The SMILES string of the molecule is CCOC(=O)C1=C(C)NC2=C(C(=O)c3ccccc32)C1c1ccc(OC)c(OCC)c1. The number of hydrogen-bond acceptors (Lipinski definition) is 6. The zero-order valence-electron chi connectivity index (χ0n) is 18.1. The minimum Gasteiger partial charge on any atom is -0.493 e. The summed E-state index contributed by atoms with van der Waals surface area (Å²) in [4.78, 5) is 26.4. The van der Waals surface area contributed by atoms with Crippen LogP contribution in [0.2, 0.25) is 0 Å². The number of carbonyl (C=O) groups excluding carboxylic acids is 2. The van der Waals surface area contributed by atoms with Crippen molar-refractivity contribution in [1.29, 1.82) is 0 Å². The van der Waals surface area contributed by atoms with E-state index >= 15 is 0 Å². The number of fused-ring (bicyclic) bond motifs is 2. The number of nitrogens with one attached hydrogen (secondary N) is 1. The normalized spacial score (nSPS) is 17.2. The number of Topliss-reactive ketones (excluding diaryl/α,β-unsaturated/α-hetero) is 1.